The molecule has 1 unspecified atom stereocenters. The van der Waals surface area contributed by atoms with Crippen molar-refractivity contribution in [3.63, 3.8) is 0 Å². The first-order valence-corrected chi connectivity index (χ1v) is 7.01. The third-order valence-corrected chi connectivity index (χ3v) is 4.66. The number of hydrogen-bond acceptors (Lipinski definition) is 2. The van der Waals surface area contributed by atoms with Gasteiger partial charge in [-0.05, 0) is 43.9 Å². The minimum Gasteiger partial charge on any atom is -0.381 e. The van der Waals surface area contributed by atoms with Gasteiger partial charge in [-0.15, -0.1) is 0 Å². The molecule has 1 saturated heterocycles. The molecule has 0 aromatic heterocycles. The first-order valence-electron chi connectivity index (χ1n) is 7.01. The van der Waals surface area contributed by atoms with Crippen LogP contribution < -0.4 is 5.32 Å². The van der Waals surface area contributed by atoms with Gasteiger partial charge in [-0.25, -0.2) is 0 Å². The summed E-state index contributed by atoms with van der Waals surface area (Å²) < 4.78 is 5.44. The van der Waals surface area contributed by atoms with Gasteiger partial charge in [-0.1, -0.05) is 19.8 Å². The Hall–Kier alpha value is -0.0800. The topological polar surface area (TPSA) is 21.3 Å². The van der Waals surface area contributed by atoms with E-state index in [9.17, 15) is 0 Å². The van der Waals surface area contributed by atoms with E-state index < -0.39 is 0 Å². The first-order chi connectivity index (χ1) is 7.70. The lowest BCUT2D eigenvalue weighted by atomic mass is 9.82. The molecule has 1 atom stereocenters. The second-order valence-electron chi connectivity index (χ2n) is 6.14. The number of hydrogen-bond donors (Lipinski definition) is 1. The van der Waals surface area contributed by atoms with Crippen molar-refractivity contribution in [2.45, 2.75) is 58.4 Å². The van der Waals surface area contributed by atoms with Gasteiger partial charge in [0.05, 0.1) is 0 Å². The second-order valence-corrected chi connectivity index (χ2v) is 6.14. The van der Waals surface area contributed by atoms with Crippen molar-refractivity contribution in [2.75, 3.05) is 19.8 Å². The predicted octanol–water partition coefficient (Wildman–Crippen LogP) is 2.97. The van der Waals surface area contributed by atoms with Gasteiger partial charge in [-0.3, -0.25) is 0 Å². The molecule has 0 amide bonds. The molecule has 1 aliphatic heterocycles. The van der Waals surface area contributed by atoms with E-state index in [-0.39, 0.29) is 0 Å². The molecule has 2 aliphatic rings. The van der Waals surface area contributed by atoms with Crippen molar-refractivity contribution < 1.29 is 4.74 Å². The molecule has 0 spiro atoms. The molecule has 2 fully saturated rings. The smallest absolute Gasteiger partial charge is 0.0471 e. The van der Waals surface area contributed by atoms with Gasteiger partial charge < -0.3 is 10.1 Å². The predicted molar refractivity (Wildman–Crippen MR) is 67.6 cm³/mol. The standard InChI is InChI=1S/C14H27NO/c1-12(13-5-3-4-6-13)15-11-14(2)7-9-16-10-8-14/h12-13,15H,3-11H2,1-2H3. The molecule has 1 aliphatic carbocycles. The van der Waals surface area contributed by atoms with Crippen LogP contribution in [0.15, 0.2) is 0 Å². The summed E-state index contributed by atoms with van der Waals surface area (Å²) in [4.78, 5) is 0. The van der Waals surface area contributed by atoms with E-state index in [0.717, 1.165) is 19.1 Å². The molecule has 0 aromatic rings. The normalized spacial score (nSPS) is 28.1. The molecule has 2 heteroatoms. The fraction of sp³-hybridized carbons (Fsp3) is 1.00. The summed E-state index contributed by atoms with van der Waals surface area (Å²) in [6, 6.07) is 0.710. The van der Waals surface area contributed by atoms with Crippen LogP contribution in [0.2, 0.25) is 0 Å². The number of nitrogens with one attached hydrogen (secondary N) is 1. The Morgan fingerprint density at radius 1 is 1.25 bits per heavy atom. The van der Waals surface area contributed by atoms with Crippen LogP contribution in [0.5, 0.6) is 0 Å². The average molecular weight is 225 g/mol. The summed E-state index contributed by atoms with van der Waals surface area (Å²) in [6.45, 7) is 7.86. The minimum atomic E-state index is 0.477. The van der Waals surface area contributed by atoms with Crippen LogP contribution in [0.1, 0.15) is 52.4 Å². The van der Waals surface area contributed by atoms with Gasteiger partial charge >= 0.3 is 0 Å². The quantitative estimate of drug-likeness (QED) is 0.794. The van der Waals surface area contributed by atoms with Crippen molar-refractivity contribution in [3.05, 3.63) is 0 Å². The molecule has 0 bridgehead atoms. The fourth-order valence-electron chi connectivity index (χ4n) is 3.07. The maximum atomic E-state index is 5.44. The largest absolute Gasteiger partial charge is 0.381 e. The Bertz CT molecular complexity index is 205. The Morgan fingerprint density at radius 3 is 2.50 bits per heavy atom. The molecule has 1 saturated carbocycles. The van der Waals surface area contributed by atoms with Crippen molar-refractivity contribution in [3.8, 4) is 0 Å². The number of rotatable bonds is 4. The SMILES string of the molecule is CC(NCC1(C)CCOCC1)C1CCCC1. The highest BCUT2D eigenvalue weighted by molar-refractivity contribution is 4.83. The maximum absolute atomic E-state index is 5.44. The molecule has 1 N–H and O–H groups in total. The Morgan fingerprint density at radius 2 is 1.88 bits per heavy atom. The Balaban J connectivity index is 1.72. The van der Waals surface area contributed by atoms with Crippen LogP contribution in [-0.2, 0) is 4.74 Å². The molecular weight excluding hydrogens is 198 g/mol. The summed E-state index contributed by atoms with van der Waals surface area (Å²) in [5, 5.41) is 3.78. The lowest BCUT2D eigenvalue weighted by molar-refractivity contribution is 0.0223. The zero-order valence-corrected chi connectivity index (χ0v) is 10.9. The van der Waals surface area contributed by atoms with Crippen LogP contribution in [0, 0.1) is 11.3 Å². The van der Waals surface area contributed by atoms with E-state index in [2.05, 4.69) is 19.2 Å². The third-order valence-electron chi connectivity index (χ3n) is 4.66. The highest BCUT2D eigenvalue weighted by Crippen LogP contribution is 2.31. The van der Waals surface area contributed by atoms with Crippen LogP contribution in [0.4, 0.5) is 0 Å². The van der Waals surface area contributed by atoms with Crippen molar-refractivity contribution >= 4 is 0 Å². The van der Waals surface area contributed by atoms with Crippen LogP contribution >= 0.6 is 0 Å². The summed E-state index contributed by atoms with van der Waals surface area (Å²) in [5.41, 5.74) is 0.477. The lowest BCUT2D eigenvalue weighted by Crippen LogP contribution is -2.42. The van der Waals surface area contributed by atoms with Crippen molar-refractivity contribution in [1.29, 1.82) is 0 Å². The zero-order chi connectivity index (χ0) is 11.4. The molecule has 1 heterocycles. The van der Waals surface area contributed by atoms with Gasteiger partial charge in [0, 0.05) is 25.8 Å². The van der Waals surface area contributed by atoms with Crippen LogP contribution in [-0.4, -0.2) is 25.8 Å². The van der Waals surface area contributed by atoms with E-state index in [4.69, 9.17) is 4.74 Å². The van der Waals surface area contributed by atoms with E-state index in [1.807, 2.05) is 0 Å². The van der Waals surface area contributed by atoms with E-state index in [0.29, 0.717) is 11.5 Å². The van der Waals surface area contributed by atoms with Gasteiger partial charge in [0.25, 0.3) is 0 Å². The third kappa shape index (κ3) is 3.21. The highest BCUT2D eigenvalue weighted by atomic mass is 16.5. The summed E-state index contributed by atoms with van der Waals surface area (Å²) in [5.74, 6) is 0.934. The van der Waals surface area contributed by atoms with E-state index in [1.165, 1.54) is 45.1 Å². The molecule has 0 radical (unpaired) electrons. The first kappa shape index (κ1) is 12.4. The van der Waals surface area contributed by atoms with Gasteiger partial charge in [0.2, 0.25) is 0 Å². The molecule has 94 valence electrons. The van der Waals surface area contributed by atoms with Crippen LogP contribution in [0.3, 0.4) is 0 Å². The monoisotopic (exact) mass is 225 g/mol. The average Bonchev–Trinajstić information content (AvgIpc) is 2.80. The maximum Gasteiger partial charge on any atom is 0.0471 e. The zero-order valence-electron chi connectivity index (χ0n) is 10.9. The second kappa shape index (κ2) is 5.50. The van der Waals surface area contributed by atoms with Crippen molar-refractivity contribution in [1.82, 2.24) is 5.32 Å². The molecular formula is C14H27NO. The van der Waals surface area contributed by atoms with Gasteiger partial charge in [0.15, 0.2) is 0 Å². The van der Waals surface area contributed by atoms with Crippen LogP contribution in [0.25, 0.3) is 0 Å². The van der Waals surface area contributed by atoms with Crippen molar-refractivity contribution in [2.24, 2.45) is 11.3 Å². The molecule has 2 nitrogen and oxygen atoms in total. The molecule has 16 heavy (non-hydrogen) atoms. The lowest BCUT2D eigenvalue weighted by Gasteiger charge is -2.35. The van der Waals surface area contributed by atoms with E-state index >= 15 is 0 Å². The summed E-state index contributed by atoms with van der Waals surface area (Å²) in [6.07, 6.45) is 8.21. The van der Waals surface area contributed by atoms with Gasteiger partial charge in [0.1, 0.15) is 0 Å². The summed E-state index contributed by atoms with van der Waals surface area (Å²) in [7, 11) is 0. The molecule has 0 aromatic carbocycles. The number of ether oxygens (including phenoxy) is 1. The van der Waals surface area contributed by atoms with E-state index in [1.54, 1.807) is 0 Å². The summed E-state index contributed by atoms with van der Waals surface area (Å²) >= 11 is 0. The minimum absolute atomic E-state index is 0.477. The highest BCUT2D eigenvalue weighted by Gasteiger charge is 2.29. The molecule has 2 rings (SSSR count). The Labute approximate surface area is 100 Å². The fourth-order valence-corrected chi connectivity index (χ4v) is 3.07. The van der Waals surface area contributed by atoms with Gasteiger partial charge in [-0.2, -0.15) is 0 Å². The Kier molecular flexibility index (Phi) is 4.26.